The van der Waals surface area contributed by atoms with Crippen molar-refractivity contribution in [3.05, 3.63) is 16.0 Å². The van der Waals surface area contributed by atoms with E-state index in [4.69, 9.17) is 0 Å². The van der Waals surface area contributed by atoms with Crippen LogP contribution in [0.25, 0.3) is 0 Å². The predicted molar refractivity (Wildman–Crippen MR) is 78.9 cm³/mol. The first-order valence-electron chi connectivity index (χ1n) is 6.58. The Bertz CT molecular complexity index is 596. The first-order valence-corrected chi connectivity index (χ1v) is 7.40. The van der Waals surface area contributed by atoms with Crippen LogP contribution >= 0.6 is 11.3 Å². The van der Waals surface area contributed by atoms with Crippen LogP contribution in [0.3, 0.4) is 0 Å². The zero-order valence-electron chi connectivity index (χ0n) is 11.8. The van der Waals surface area contributed by atoms with E-state index in [1.54, 1.807) is 13.8 Å². The van der Waals surface area contributed by atoms with Gasteiger partial charge in [-0.1, -0.05) is 0 Å². The van der Waals surface area contributed by atoms with Gasteiger partial charge in [-0.15, -0.1) is 11.3 Å². The Morgan fingerprint density at radius 2 is 2.10 bits per heavy atom. The van der Waals surface area contributed by atoms with Crippen LogP contribution in [0.4, 0.5) is 9.80 Å². The molecule has 4 N–H and O–H groups in total. The van der Waals surface area contributed by atoms with Crippen LogP contribution in [-0.4, -0.2) is 35.6 Å². The topological polar surface area (TPSA) is 108 Å². The average Bonchev–Trinajstić information content (AvgIpc) is 2.67. The van der Waals surface area contributed by atoms with E-state index in [1.165, 1.54) is 11.3 Å². The lowest BCUT2D eigenvalue weighted by molar-refractivity contribution is -0.124. The Hall–Kier alpha value is -2.09. The van der Waals surface area contributed by atoms with Gasteiger partial charge in [0.1, 0.15) is 11.0 Å². The van der Waals surface area contributed by atoms with Crippen LogP contribution in [0.5, 0.6) is 0 Å². The number of carboxylic acid groups (broad SMARTS) is 1. The van der Waals surface area contributed by atoms with Crippen LogP contribution in [0.1, 0.15) is 33.6 Å². The van der Waals surface area contributed by atoms with Crippen molar-refractivity contribution in [1.82, 2.24) is 10.6 Å². The third-order valence-electron chi connectivity index (χ3n) is 3.42. The highest BCUT2D eigenvalue weighted by atomic mass is 32.1. The molecule has 2 rings (SSSR count). The quantitative estimate of drug-likeness (QED) is 0.678. The molecule has 1 aromatic rings. The number of hydrogen-bond donors (Lipinski definition) is 4. The molecule has 0 radical (unpaired) electrons. The number of nitrogens with one attached hydrogen (secondary N) is 3. The highest BCUT2D eigenvalue weighted by molar-refractivity contribution is 7.16. The number of rotatable bonds is 3. The Kier molecular flexibility index (Phi) is 4.46. The first kappa shape index (κ1) is 15.3. The normalized spacial score (nSPS) is 18.0. The van der Waals surface area contributed by atoms with Crippen molar-refractivity contribution in [3.8, 4) is 0 Å². The van der Waals surface area contributed by atoms with Crippen LogP contribution in [0.15, 0.2) is 0 Å². The number of aryl methyl sites for hydroxylation is 1. The molecule has 8 heteroatoms. The Morgan fingerprint density at radius 1 is 1.38 bits per heavy atom. The molecule has 0 spiro atoms. The number of aromatic carboxylic acids is 1. The summed E-state index contributed by atoms with van der Waals surface area (Å²) in [5.74, 6) is -1.30. The SMILES string of the molecule is Cc1sc(NC(=O)NC2CCCNC2=O)c(C(=O)O)c1C. The number of urea groups is 1. The zero-order chi connectivity index (χ0) is 15.6. The maximum atomic E-state index is 11.9. The molecule has 0 bridgehead atoms. The summed E-state index contributed by atoms with van der Waals surface area (Å²) >= 11 is 1.21. The fraction of sp³-hybridized carbons (Fsp3) is 0.462. The van der Waals surface area contributed by atoms with E-state index >= 15 is 0 Å². The van der Waals surface area contributed by atoms with Gasteiger partial charge in [-0.2, -0.15) is 0 Å². The van der Waals surface area contributed by atoms with E-state index in [0.29, 0.717) is 18.5 Å². The summed E-state index contributed by atoms with van der Waals surface area (Å²) in [6.45, 7) is 4.11. The monoisotopic (exact) mass is 311 g/mol. The predicted octanol–water partition coefficient (Wildman–Crippen LogP) is 1.46. The van der Waals surface area contributed by atoms with Crippen molar-refractivity contribution in [2.24, 2.45) is 0 Å². The minimum Gasteiger partial charge on any atom is -0.478 e. The summed E-state index contributed by atoms with van der Waals surface area (Å²) in [7, 11) is 0. The molecular formula is C13H17N3O4S. The molecule has 3 amide bonds. The molecular weight excluding hydrogens is 294 g/mol. The van der Waals surface area contributed by atoms with Crippen molar-refractivity contribution in [2.75, 3.05) is 11.9 Å². The van der Waals surface area contributed by atoms with Gasteiger partial charge in [0.2, 0.25) is 5.91 Å². The second-order valence-corrected chi connectivity index (χ2v) is 6.10. The van der Waals surface area contributed by atoms with Gasteiger partial charge in [0.05, 0.1) is 5.56 Å². The van der Waals surface area contributed by atoms with Gasteiger partial charge in [-0.05, 0) is 32.3 Å². The number of carbonyl (C=O) groups excluding carboxylic acids is 2. The van der Waals surface area contributed by atoms with Gasteiger partial charge in [0.25, 0.3) is 0 Å². The van der Waals surface area contributed by atoms with Crippen molar-refractivity contribution in [2.45, 2.75) is 32.7 Å². The molecule has 21 heavy (non-hydrogen) atoms. The molecule has 0 aliphatic carbocycles. The van der Waals surface area contributed by atoms with E-state index in [2.05, 4.69) is 16.0 Å². The van der Waals surface area contributed by atoms with Crippen LogP contribution in [0, 0.1) is 13.8 Å². The third-order valence-corrected chi connectivity index (χ3v) is 4.54. The summed E-state index contributed by atoms with van der Waals surface area (Å²) in [5, 5.41) is 17.3. The average molecular weight is 311 g/mol. The van der Waals surface area contributed by atoms with Crippen LogP contribution in [0.2, 0.25) is 0 Å². The van der Waals surface area contributed by atoms with Crippen molar-refractivity contribution >= 4 is 34.2 Å². The van der Waals surface area contributed by atoms with Crippen molar-refractivity contribution < 1.29 is 19.5 Å². The number of thiophene rings is 1. The van der Waals surface area contributed by atoms with Gasteiger partial charge in [0, 0.05) is 11.4 Å². The second kappa shape index (κ2) is 6.13. The van der Waals surface area contributed by atoms with Gasteiger partial charge in [-0.3, -0.25) is 10.1 Å². The summed E-state index contributed by atoms with van der Waals surface area (Å²) < 4.78 is 0. The van der Waals surface area contributed by atoms with E-state index < -0.39 is 18.0 Å². The van der Waals surface area contributed by atoms with E-state index in [9.17, 15) is 19.5 Å². The number of anilines is 1. The molecule has 114 valence electrons. The van der Waals surface area contributed by atoms with Crippen molar-refractivity contribution in [1.29, 1.82) is 0 Å². The van der Waals surface area contributed by atoms with E-state index in [1.807, 2.05) is 0 Å². The van der Waals surface area contributed by atoms with E-state index in [-0.39, 0.29) is 16.5 Å². The summed E-state index contributed by atoms with van der Waals surface area (Å²) in [6, 6.07) is -1.14. The van der Waals surface area contributed by atoms with Crippen molar-refractivity contribution in [3.63, 3.8) is 0 Å². The Balaban J connectivity index is 2.08. The number of amides is 3. The lowest BCUT2D eigenvalue weighted by Crippen LogP contribution is -2.51. The van der Waals surface area contributed by atoms with Gasteiger partial charge in [0.15, 0.2) is 0 Å². The fourth-order valence-electron chi connectivity index (χ4n) is 2.18. The standard InChI is InChI=1S/C13H17N3O4S/c1-6-7(2)21-11(9(6)12(18)19)16-13(20)15-8-4-3-5-14-10(8)17/h8H,3-5H2,1-2H3,(H,14,17)(H,18,19)(H2,15,16,20). The Morgan fingerprint density at radius 3 is 2.71 bits per heavy atom. The van der Waals surface area contributed by atoms with E-state index in [0.717, 1.165) is 11.3 Å². The molecule has 2 heterocycles. The molecule has 1 saturated heterocycles. The largest absolute Gasteiger partial charge is 0.478 e. The number of hydrogen-bond acceptors (Lipinski definition) is 4. The maximum Gasteiger partial charge on any atom is 0.338 e. The summed E-state index contributed by atoms with van der Waals surface area (Å²) in [6.07, 6.45) is 1.38. The molecule has 0 aromatic carbocycles. The highest BCUT2D eigenvalue weighted by Crippen LogP contribution is 2.32. The zero-order valence-corrected chi connectivity index (χ0v) is 12.6. The lowest BCUT2D eigenvalue weighted by atomic mass is 10.1. The highest BCUT2D eigenvalue weighted by Gasteiger charge is 2.25. The van der Waals surface area contributed by atoms with Crippen LogP contribution < -0.4 is 16.0 Å². The Labute approximate surface area is 125 Å². The molecule has 1 aromatic heterocycles. The number of carbonyl (C=O) groups is 3. The molecule has 1 aliphatic heterocycles. The second-order valence-electron chi connectivity index (χ2n) is 4.88. The van der Waals surface area contributed by atoms with Crippen LogP contribution in [-0.2, 0) is 4.79 Å². The molecule has 7 nitrogen and oxygen atoms in total. The molecule has 0 saturated carbocycles. The van der Waals surface area contributed by atoms with Gasteiger partial charge < -0.3 is 15.7 Å². The fourth-order valence-corrected chi connectivity index (χ4v) is 3.23. The smallest absolute Gasteiger partial charge is 0.338 e. The van der Waals surface area contributed by atoms with Gasteiger partial charge >= 0.3 is 12.0 Å². The lowest BCUT2D eigenvalue weighted by Gasteiger charge is -2.22. The molecule has 1 unspecified atom stereocenters. The first-order chi connectivity index (χ1) is 9.90. The minimum absolute atomic E-state index is 0.0979. The van der Waals surface area contributed by atoms with Gasteiger partial charge in [-0.25, -0.2) is 9.59 Å². The number of piperidine rings is 1. The maximum absolute atomic E-state index is 11.9. The summed E-state index contributed by atoms with van der Waals surface area (Å²) in [5.41, 5.74) is 0.735. The summed E-state index contributed by atoms with van der Waals surface area (Å²) in [4.78, 5) is 35.6. The minimum atomic E-state index is -1.08. The number of carboxylic acids is 1. The molecule has 1 atom stereocenters. The third kappa shape index (κ3) is 3.33. The molecule has 1 fully saturated rings. The molecule has 1 aliphatic rings.